The lowest BCUT2D eigenvalue weighted by atomic mass is 9.89. The number of hydrogen-bond donors (Lipinski definition) is 2. The minimum absolute atomic E-state index is 0.0474. The first-order valence-corrected chi connectivity index (χ1v) is 5.17. The second-order valence-electron chi connectivity index (χ2n) is 3.77. The number of rotatable bonds is 6. The summed E-state index contributed by atoms with van der Waals surface area (Å²) in [4.78, 5) is 21.5. The Hall–Kier alpha value is -1.10. The van der Waals surface area contributed by atoms with Crippen LogP contribution in [0.25, 0.3) is 0 Å². The monoisotopic (exact) mass is 215 g/mol. The van der Waals surface area contributed by atoms with Gasteiger partial charge >= 0.3 is 5.97 Å². The third-order valence-corrected chi connectivity index (χ3v) is 2.65. The van der Waals surface area contributed by atoms with Crippen molar-refractivity contribution >= 4 is 11.9 Å². The fourth-order valence-corrected chi connectivity index (χ4v) is 1.60. The summed E-state index contributed by atoms with van der Waals surface area (Å²) in [5, 5.41) is 11.2. The van der Waals surface area contributed by atoms with E-state index in [1.165, 1.54) is 0 Å². The summed E-state index contributed by atoms with van der Waals surface area (Å²) in [6, 6.07) is 0.118. The zero-order valence-electron chi connectivity index (χ0n) is 8.86. The largest absolute Gasteiger partial charge is 0.481 e. The minimum Gasteiger partial charge on any atom is -0.481 e. The highest BCUT2D eigenvalue weighted by Crippen LogP contribution is 2.22. The van der Waals surface area contributed by atoms with Crippen molar-refractivity contribution in [1.29, 1.82) is 0 Å². The first-order valence-electron chi connectivity index (χ1n) is 5.17. The zero-order valence-corrected chi connectivity index (χ0v) is 8.86. The molecule has 1 aliphatic carbocycles. The fraction of sp³-hybridized carbons (Fsp3) is 0.800. The van der Waals surface area contributed by atoms with Gasteiger partial charge in [0.15, 0.2) is 0 Å². The Bertz CT molecular complexity index is 240. The fourth-order valence-electron chi connectivity index (χ4n) is 1.60. The molecule has 0 heterocycles. The summed E-state index contributed by atoms with van der Waals surface area (Å²) in [7, 11) is 1.63. The van der Waals surface area contributed by atoms with Crippen molar-refractivity contribution in [3.8, 4) is 0 Å². The number of carboxylic acids is 1. The molecule has 5 heteroatoms. The molecule has 86 valence electrons. The van der Waals surface area contributed by atoms with Crippen LogP contribution in [-0.4, -0.2) is 36.2 Å². The summed E-state index contributed by atoms with van der Waals surface area (Å²) in [6.07, 6.45) is 2.78. The predicted octanol–water partition coefficient (Wildman–Crippen LogP) is 0.535. The van der Waals surface area contributed by atoms with Crippen LogP contribution in [0.3, 0.4) is 0 Å². The molecule has 0 radical (unpaired) electrons. The normalized spacial score (nSPS) is 24.3. The predicted molar refractivity (Wildman–Crippen MR) is 53.4 cm³/mol. The van der Waals surface area contributed by atoms with Gasteiger partial charge in [-0.25, -0.2) is 0 Å². The van der Waals surface area contributed by atoms with Crippen LogP contribution >= 0.6 is 0 Å². The van der Waals surface area contributed by atoms with Crippen LogP contribution in [0.4, 0.5) is 0 Å². The molecule has 1 aliphatic rings. The van der Waals surface area contributed by atoms with Crippen LogP contribution in [-0.2, 0) is 14.3 Å². The Morgan fingerprint density at radius 1 is 1.40 bits per heavy atom. The van der Waals surface area contributed by atoms with Crippen molar-refractivity contribution in [3.05, 3.63) is 0 Å². The third kappa shape index (κ3) is 3.87. The molecule has 1 rings (SSSR count). The summed E-state index contributed by atoms with van der Waals surface area (Å²) in [6.45, 7) is 0. The summed E-state index contributed by atoms with van der Waals surface area (Å²) in [5.41, 5.74) is 0. The first-order chi connectivity index (χ1) is 7.13. The quantitative estimate of drug-likeness (QED) is 0.678. The molecular formula is C10H17NO4. The molecule has 2 N–H and O–H groups in total. The molecular weight excluding hydrogens is 198 g/mol. The molecule has 0 aromatic heterocycles. The zero-order chi connectivity index (χ0) is 11.3. The Morgan fingerprint density at radius 3 is 2.60 bits per heavy atom. The maximum atomic E-state index is 11.3. The SMILES string of the molecule is COC1CCC1NC(=O)CCCC(=O)O. The number of hydrogen-bond acceptors (Lipinski definition) is 3. The smallest absolute Gasteiger partial charge is 0.303 e. The number of carbonyl (C=O) groups is 2. The van der Waals surface area contributed by atoms with E-state index in [1.54, 1.807) is 7.11 Å². The molecule has 15 heavy (non-hydrogen) atoms. The van der Waals surface area contributed by atoms with Crippen molar-refractivity contribution in [2.45, 2.75) is 44.2 Å². The van der Waals surface area contributed by atoms with Crippen molar-refractivity contribution in [2.75, 3.05) is 7.11 Å². The van der Waals surface area contributed by atoms with Crippen LogP contribution in [0.2, 0.25) is 0 Å². The van der Waals surface area contributed by atoms with E-state index in [4.69, 9.17) is 9.84 Å². The van der Waals surface area contributed by atoms with E-state index in [0.29, 0.717) is 6.42 Å². The number of methoxy groups -OCH3 is 1. The number of nitrogens with one attached hydrogen (secondary N) is 1. The van der Waals surface area contributed by atoms with Gasteiger partial charge in [-0.15, -0.1) is 0 Å². The van der Waals surface area contributed by atoms with Crippen LogP contribution in [0.5, 0.6) is 0 Å². The Morgan fingerprint density at radius 2 is 2.13 bits per heavy atom. The highest BCUT2D eigenvalue weighted by atomic mass is 16.5. The van der Waals surface area contributed by atoms with E-state index in [1.807, 2.05) is 0 Å². The Kier molecular flexibility index (Phi) is 4.55. The van der Waals surface area contributed by atoms with Gasteiger partial charge in [0.2, 0.25) is 5.91 Å². The van der Waals surface area contributed by atoms with E-state index in [2.05, 4.69) is 5.32 Å². The van der Waals surface area contributed by atoms with Crippen LogP contribution in [0.1, 0.15) is 32.1 Å². The standard InChI is InChI=1S/C10H17NO4/c1-15-8-6-5-7(8)11-9(12)3-2-4-10(13)14/h7-8H,2-6H2,1H3,(H,11,12)(H,13,14). The van der Waals surface area contributed by atoms with E-state index in [9.17, 15) is 9.59 Å². The van der Waals surface area contributed by atoms with Gasteiger partial charge in [-0.2, -0.15) is 0 Å². The van der Waals surface area contributed by atoms with Crippen molar-refractivity contribution in [1.82, 2.24) is 5.32 Å². The van der Waals surface area contributed by atoms with Gasteiger partial charge in [-0.1, -0.05) is 0 Å². The average Bonchev–Trinajstić information content (AvgIpc) is 2.13. The number of aliphatic carboxylic acids is 1. The van der Waals surface area contributed by atoms with Gasteiger partial charge in [0.25, 0.3) is 0 Å². The molecule has 0 aliphatic heterocycles. The van der Waals surface area contributed by atoms with Gasteiger partial charge in [0.1, 0.15) is 0 Å². The topological polar surface area (TPSA) is 75.6 Å². The molecule has 0 saturated heterocycles. The molecule has 0 aromatic rings. The van der Waals surface area contributed by atoms with Crippen molar-refractivity contribution < 1.29 is 19.4 Å². The number of ether oxygens (including phenoxy) is 1. The second-order valence-corrected chi connectivity index (χ2v) is 3.77. The van der Waals surface area contributed by atoms with Gasteiger partial charge in [0.05, 0.1) is 12.1 Å². The van der Waals surface area contributed by atoms with E-state index in [-0.39, 0.29) is 30.9 Å². The molecule has 0 bridgehead atoms. The molecule has 0 aromatic carbocycles. The third-order valence-electron chi connectivity index (χ3n) is 2.65. The van der Waals surface area contributed by atoms with E-state index >= 15 is 0 Å². The molecule has 0 spiro atoms. The molecule has 2 unspecified atom stereocenters. The Labute approximate surface area is 88.8 Å². The second kappa shape index (κ2) is 5.70. The maximum Gasteiger partial charge on any atom is 0.303 e. The van der Waals surface area contributed by atoms with Crippen LogP contribution in [0, 0.1) is 0 Å². The lowest BCUT2D eigenvalue weighted by molar-refractivity contribution is -0.137. The maximum absolute atomic E-state index is 11.3. The van der Waals surface area contributed by atoms with Gasteiger partial charge < -0.3 is 15.2 Å². The lowest BCUT2D eigenvalue weighted by Crippen LogP contribution is -2.51. The molecule has 1 saturated carbocycles. The number of amides is 1. The highest BCUT2D eigenvalue weighted by molar-refractivity contribution is 5.77. The lowest BCUT2D eigenvalue weighted by Gasteiger charge is -2.35. The summed E-state index contributed by atoms with van der Waals surface area (Å²) in [5.74, 6) is -0.941. The van der Waals surface area contributed by atoms with Gasteiger partial charge in [0, 0.05) is 20.0 Å². The van der Waals surface area contributed by atoms with Crippen molar-refractivity contribution in [3.63, 3.8) is 0 Å². The molecule has 1 fully saturated rings. The van der Waals surface area contributed by atoms with Gasteiger partial charge in [-0.05, 0) is 19.3 Å². The van der Waals surface area contributed by atoms with Crippen LogP contribution < -0.4 is 5.32 Å². The minimum atomic E-state index is -0.860. The summed E-state index contributed by atoms with van der Waals surface area (Å²) >= 11 is 0. The van der Waals surface area contributed by atoms with Crippen LogP contribution in [0.15, 0.2) is 0 Å². The van der Waals surface area contributed by atoms with E-state index < -0.39 is 5.97 Å². The Balaban J connectivity index is 2.10. The van der Waals surface area contributed by atoms with Gasteiger partial charge in [-0.3, -0.25) is 9.59 Å². The van der Waals surface area contributed by atoms with E-state index in [0.717, 1.165) is 12.8 Å². The first kappa shape index (κ1) is 12.0. The highest BCUT2D eigenvalue weighted by Gasteiger charge is 2.31. The summed E-state index contributed by atoms with van der Waals surface area (Å²) < 4.78 is 5.13. The number of carbonyl (C=O) groups excluding carboxylic acids is 1. The molecule has 1 amide bonds. The number of carboxylic acid groups (broad SMARTS) is 1. The average molecular weight is 215 g/mol. The molecule has 2 atom stereocenters. The molecule has 5 nitrogen and oxygen atoms in total. The van der Waals surface area contributed by atoms with Crippen molar-refractivity contribution in [2.24, 2.45) is 0 Å².